The van der Waals surface area contributed by atoms with Crippen LogP contribution in [0.25, 0.3) is 0 Å². The number of hydrogen-bond acceptors (Lipinski definition) is 4. The molecular formula is C8H13NO4. The molecule has 0 rings (SSSR count). The highest BCUT2D eigenvalue weighted by atomic mass is 17.2. The third-order valence-electron chi connectivity index (χ3n) is 1.26. The maximum atomic E-state index is 10.9. The van der Waals surface area contributed by atoms with Gasteiger partial charge in [-0.3, -0.25) is 0 Å². The second-order valence-electron chi connectivity index (χ2n) is 2.45. The predicted octanol–water partition coefficient (Wildman–Crippen LogP) is 1.29. The average molecular weight is 187 g/mol. The van der Waals surface area contributed by atoms with Crippen LogP contribution < -0.4 is 5.73 Å². The lowest BCUT2D eigenvalue weighted by atomic mass is 10.2. The van der Waals surface area contributed by atoms with E-state index in [0.29, 0.717) is 5.57 Å². The molecule has 0 aromatic carbocycles. The fraction of sp³-hybridized carbons (Fsp3) is 0.500. The van der Waals surface area contributed by atoms with E-state index in [1.54, 1.807) is 13.0 Å². The Morgan fingerprint density at radius 2 is 2.00 bits per heavy atom. The maximum Gasteiger partial charge on any atom is 0.447 e. The second kappa shape index (κ2) is 6.05. The Kier molecular flexibility index (Phi) is 5.34. The van der Waals surface area contributed by atoms with Crippen molar-refractivity contribution in [2.45, 2.75) is 26.7 Å². The molecule has 0 heterocycles. The van der Waals surface area contributed by atoms with Crippen LogP contribution >= 0.6 is 0 Å². The quantitative estimate of drug-likeness (QED) is 0.410. The van der Waals surface area contributed by atoms with Crippen LogP contribution in [0.4, 0.5) is 4.79 Å². The van der Waals surface area contributed by atoms with E-state index >= 15 is 0 Å². The first kappa shape index (κ1) is 11.5. The molecule has 0 spiro atoms. The van der Waals surface area contributed by atoms with E-state index in [4.69, 9.17) is 0 Å². The van der Waals surface area contributed by atoms with Gasteiger partial charge in [0.1, 0.15) is 0 Å². The number of nitrogens with two attached hydrogens (primary N) is 1. The molecule has 0 bridgehead atoms. The van der Waals surface area contributed by atoms with E-state index in [1.807, 2.05) is 6.92 Å². The van der Waals surface area contributed by atoms with E-state index < -0.39 is 12.1 Å². The van der Waals surface area contributed by atoms with Gasteiger partial charge in [0, 0.05) is 5.57 Å². The van der Waals surface area contributed by atoms with Crippen molar-refractivity contribution in [2.75, 3.05) is 0 Å². The fourth-order valence-corrected chi connectivity index (χ4v) is 0.589. The molecule has 0 atom stereocenters. The number of allylic oxidation sites excluding steroid dienone is 1. The zero-order valence-corrected chi connectivity index (χ0v) is 7.70. The Morgan fingerprint density at radius 1 is 1.38 bits per heavy atom. The summed E-state index contributed by atoms with van der Waals surface area (Å²) in [6.07, 6.45) is 2.27. The summed E-state index contributed by atoms with van der Waals surface area (Å²) in [6.45, 7) is 3.55. The molecule has 0 radical (unpaired) electrons. The molecule has 74 valence electrons. The van der Waals surface area contributed by atoms with Crippen molar-refractivity contribution >= 4 is 12.1 Å². The van der Waals surface area contributed by atoms with E-state index in [0.717, 1.165) is 12.8 Å². The number of primary amides is 1. The van der Waals surface area contributed by atoms with E-state index in [-0.39, 0.29) is 0 Å². The molecule has 0 saturated heterocycles. The number of carbonyl (C=O) groups is 2. The van der Waals surface area contributed by atoms with E-state index in [2.05, 4.69) is 15.5 Å². The number of hydrogen-bond donors (Lipinski definition) is 1. The van der Waals surface area contributed by atoms with Crippen molar-refractivity contribution in [2.24, 2.45) is 5.73 Å². The van der Waals surface area contributed by atoms with Crippen LogP contribution in [0.15, 0.2) is 11.6 Å². The lowest BCUT2D eigenvalue weighted by Gasteiger charge is -1.99. The number of rotatable bonds is 3. The molecule has 5 heteroatoms. The zero-order valence-electron chi connectivity index (χ0n) is 7.70. The Labute approximate surface area is 76.4 Å². The van der Waals surface area contributed by atoms with E-state index in [9.17, 15) is 9.59 Å². The molecule has 5 nitrogen and oxygen atoms in total. The van der Waals surface area contributed by atoms with Crippen molar-refractivity contribution in [3.05, 3.63) is 11.6 Å². The van der Waals surface area contributed by atoms with Crippen LogP contribution in [0.1, 0.15) is 26.7 Å². The standard InChI is InChI=1S/C8H13NO4/c1-3-4-5-6(2)7(10)12-13-8(9)11/h5H,3-4H2,1-2H3,(H2,9,11). The fourth-order valence-electron chi connectivity index (χ4n) is 0.589. The highest BCUT2D eigenvalue weighted by molar-refractivity contribution is 5.87. The molecule has 0 aliphatic carbocycles. The molecule has 1 amide bonds. The van der Waals surface area contributed by atoms with Crippen LogP contribution in [-0.4, -0.2) is 12.1 Å². The van der Waals surface area contributed by atoms with Crippen LogP contribution in [-0.2, 0) is 14.6 Å². The van der Waals surface area contributed by atoms with Crippen LogP contribution in [0.5, 0.6) is 0 Å². The molecule has 2 N–H and O–H groups in total. The summed E-state index contributed by atoms with van der Waals surface area (Å²) in [7, 11) is 0. The first-order valence-electron chi connectivity index (χ1n) is 3.93. The number of amides is 1. The van der Waals surface area contributed by atoms with Crippen LogP contribution in [0.3, 0.4) is 0 Å². The largest absolute Gasteiger partial charge is 0.447 e. The summed E-state index contributed by atoms with van der Waals surface area (Å²) in [5.41, 5.74) is 4.97. The third kappa shape index (κ3) is 5.72. The lowest BCUT2D eigenvalue weighted by molar-refractivity contribution is -0.225. The molecule has 0 aromatic rings. The summed E-state index contributed by atoms with van der Waals surface area (Å²) >= 11 is 0. The smallest absolute Gasteiger partial charge is 0.332 e. The Balaban J connectivity index is 3.89. The number of unbranched alkanes of at least 4 members (excludes halogenated alkanes) is 1. The highest BCUT2D eigenvalue weighted by Crippen LogP contribution is 2.00. The second-order valence-corrected chi connectivity index (χ2v) is 2.45. The molecular weight excluding hydrogens is 174 g/mol. The van der Waals surface area contributed by atoms with Crippen molar-refractivity contribution in [1.82, 2.24) is 0 Å². The van der Waals surface area contributed by atoms with Gasteiger partial charge in [0.05, 0.1) is 0 Å². The van der Waals surface area contributed by atoms with Gasteiger partial charge in [-0.05, 0) is 13.3 Å². The minimum atomic E-state index is -1.14. The topological polar surface area (TPSA) is 78.6 Å². The molecule has 0 unspecified atom stereocenters. The zero-order chi connectivity index (χ0) is 10.3. The van der Waals surface area contributed by atoms with Crippen molar-refractivity contribution in [3.8, 4) is 0 Å². The van der Waals surface area contributed by atoms with Gasteiger partial charge >= 0.3 is 12.1 Å². The van der Waals surface area contributed by atoms with Gasteiger partial charge in [0.25, 0.3) is 0 Å². The SMILES string of the molecule is CCCC=C(C)C(=O)OOC(N)=O. The van der Waals surface area contributed by atoms with Crippen molar-refractivity contribution in [1.29, 1.82) is 0 Å². The minimum Gasteiger partial charge on any atom is -0.332 e. The van der Waals surface area contributed by atoms with Gasteiger partial charge in [0.15, 0.2) is 0 Å². The van der Waals surface area contributed by atoms with Crippen LogP contribution in [0.2, 0.25) is 0 Å². The van der Waals surface area contributed by atoms with Crippen LogP contribution in [0, 0.1) is 0 Å². The Morgan fingerprint density at radius 3 is 2.46 bits per heavy atom. The minimum absolute atomic E-state index is 0.392. The van der Waals surface area contributed by atoms with Crippen molar-refractivity contribution < 1.29 is 19.4 Å². The molecule has 0 aromatic heterocycles. The van der Waals surface area contributed by atoms with Gasteiger partial charge < -0.3 is 5.73 Å². The Bertz CT molecular complexity index is 222. The predicted molar refractivity (Wildman–Crippen MR) is 45.4 cm³/mol. The summed E-state index contributed by atoms with van der Waals surface area (Å²) < 4.78 is 0. The van der Waals surface area contributed by atoms with Gasteiger partial charge in [-0.2, -0.15) is 0 Å². The lowest BCUT2D eigenvalue weighted by Crippen LogP contribution is -2.17. The number of carbonyl (C=O) groups excluding carboxylic acids is 2. The molecule has 0 fully saturated rings. The average Bonchev–Trinajstić information content (AvgIpc) is 2.10. The summed E-state index contributed by atoms with van der Waals surface area (Å²) in [6, 6.07) is 0. The van der Waals surface area contributed by atoms with Gasteiger partial charge in [-0.1, -0.05) is 19.4 Å². The normalized spacial score (nSPS) is 10.8. The first-order chi connectivity index (χ1) is 6.07. The molecule has 13 heavy (non-hydrogen) atoms. The monoisotopic (exact) mass is 187 g/mol. The summed E-state index contributed by atoms with van der Waals surface area (Å²) in [5, 5.41) is 0. The summed E-state index contributed by atoms with van der Waals surface area (Å²) in [5.74, 6) is -0.702. The third-order valence-corrected chi connectivity index (χ3v) is 1.26. The van der Waals surface area contributed by atoms with Gasteiger partial charge in [-0.15, -0.1) is 0 Å². The molecule has 0 aliphatic heterocycles. The van der Waals surface area contributed by atoms with Gasteiger partial charge in [0.2, 0.25) is 0 Å². The molecule has 0 saturated carbocycles. The van der Waals surface area contributed by atoms with Gasteiger partial charge in [-0.25, -0.2) is 19.4 Å². The van der Waals surface area contributed by atoms with Crippen molar-refractivity contribution in [3.63, 3.8) is 0 Å². The summed E-state index contributed by atoms with van der Waals surface area (Å²) in [4.78, 5) is 28.9. The van der Waals surface area contributed by atoms with E-state index in [1.165, 1.54) is 0 Å². The highest BCUT2D eigenvalue weighted by Gasteiger charge is 2.08. The maximum absolute atomic E-state index is 10.9. The first-order valence-corrected chi connectivity index (χ1v) is 3.93. The Hall–Kier alpha value is -1.52. The molecule has 0 aliphatic rings.